The Balaban J connectivity index is 1.86. The predicted octanol–water partition coefficient (Wildman–Crippen LogP) is 4.64. The van der Waals surface area contributed by atoms with E-state index in [1.165, 1.54) is 17.3 Å². The third-order valence-electron chi connectivity index (χ3n) is 3.95. The molecule has 0 spiro atoms. The lowest BCUT2D eigenvalue weighted by molar-refractivity contribution is -0.115. The largest absolute Gasteiger partial charge is 0.307 e. The van der Waals surface area contributed by atoms with Gasteiger partial charge in [-0.2, -0.15) is 0 Å². The number of hydrogen-bond acceptors (Lipinski definition) is 4. The Hall–Kier alpha value is -1.76. The highest BCUT2D eigenvalue weighted by molar-refractivity contribution is 8.26. The summed E-state index contributed by atoms with van der Waals surface area (Å²) >= 11 is 6.24. The molecule has 1 fully saturated rings. The van der Waals surface area contributed by atoms with Crippen LogP contribution in [0.2, 0.25) is 0 Å². The van der Waals surface area contributed by atoms with Crippen LogP contribution < -0.4 is 5.32 Å². The molecule has 1 heterocycles. The van der Waals surface area contributed by atoms with Gasteiger partial charge in [-0.15, -0.1) is 0 Å². The topological polar surface area (TPSA) is 46.2 Å². The second-order valence-corrected chi connectivity index (χ2v) is 10.2. The molecule has 1 aliphatic heterocycles. The minimum Gasteiger partial charge on any atom is -0.307 e. The minimum atomic E-state index is -1.27. The van der Waals surface area contributed by atoms with Crippen LogP contribution in [0.1, 0.15) is 31.9 Å². The highest BCUT2D eigenvalue weighted by atomic mass is 32.2. The van der Waals surface area contributed by atoms with Crippen molar-refractivity contribution < 1.29 is 9.00 Å². The maximum absolute atomic E-state index is 12.9. The maximum atomic E-state index is 12.9. The Morgan fingerprint density at radius 2 is 1.77 bits per heavy atom. The van der Waals surface area contributed by atoms with Crippen LogP contribution in [0.3, 0.4) is 0 Å². The Kier molecular flexibility index (Phi) is 5.46. The highest BCUT2D eigenvalue weighted by Crippen LogP contribution is 2.28. The molecular formula is C20H19NO2S3. The molecule has 3 rings (SSSR count). The third-order valence-corrected chi connectivity index (χ3v) is 6.49. The number of thiocarbonyl (C=S) groups is 1. The molecule has 2 aromatic carbocycles. The molecule has 1 unspecified atom stereocenters. The van der Waals surface area contributed by atoms with Gasteiger partial charge >= 0.3 is 0 Å². The van der Waals surface area contributed by atoms with Crippen LogP contribution in [0, 0.1) is 0 Å². The Morgan fingerprint density at radius 3 is 2.35 bits per heavy atom. The van der Waals surface area contributed by atoms with Crippen molar-refractivity contribution in [3.8, 4) is 0 Å². The number of nitrogens with one attached hydrogen (secondary N) is 1. The lowest BCUT2D eigenvalue weighted by Gasteiger charge is -2.19. The van der Waals surface area contributed by atoms with Gasteiger partial charge < -0.3 is 5.32 Å². The van der Waals surface area contributed by atoms with Crippen molar-refractivity contribution in [2.75, 3.05) is 0 Å². The van der Waals surface area contributed by atoms with Crippen molar-refractivity contribution in [3.05, 3.63) is 64.6 Å². The quantitative estimate of drug-likeness (QED) is 0.601. The molecule has 1 N–H and O–H groups in total. The van der Waals surface area contributed by atoms with Gasteiger partial charge in [0.05, 0.1) is 15.7 Å². The monoisotopic (exact) mass is 401 g/mol. The number of hydrogen-bond donors (Lipinski definition) is 1. The molecule has 1 saturated heterocycles. The standard InChI is InChI=1S/C20H19NO2S3/c1-20(2,3)14-7-9-15(10-8-14)26(23)16-6-4-5-13(11-16)12-17-18(22)21-19(24)25-17/h4-12H,1-3H3,(H,21,22,24). The first-order chi connectivity index (χ1) is 12.2. The average Bonchev–Trinajstić information content (AvgIpc) is 2.91. The van der Waals surface area contributed by atoms with E-state index in [2.05, 4.69) is 26.1 Å². The van der Waals surface area contributed by atoms with Gasteiger partial charge in [0.1, 0.15) is 4.32 Å². The molecule has 134 valence electrons. The van der Waals surface area contributed by atoms with Gasteiger partial charge in [-0.3, -0.25) is 4.79 Å². The van der Waals surface area contributed by atoms with E-state index < -0.39 is 10.8 Å². The van der Waals surface area contributed by atoms with Gasteiger partial charge in [-0.1, -0.05) is 69.0 Å². The molecule has 1 aliphatic rings. The summed E-state index contributed by atoms with van der Waals surface area (Å²) in [5, 5.41) is 2.59. The summed E-state index contributed by atoms with van der Waals surface area (Å²) in [5.74, 6) is -0.190. The van der Waals surface area contributed by atoms with Crippen molar-refractivity contribution in [2.45, 2.75) is 36.0 Å². The van der Waals surface area contributed by atoms with Gasteiger partial charge in [-0.05, 0) is 46.9 Å². The smallest absolute Gasteiger partial charge is 0.263 e. The van der Waals surface area contributed by atoms with E-state index in [0.717, 1.165) is 10.5 Å². The van der Waals surface area contributed by atoms with Crippen LogP contribution in [0.4, 0.5) is 0 Å². The fourth-order valence-corrected chi connectivity index (χ4v) is 4.65. The van der Waals surface area contributed by atoms with E-state index in [9.17, 15) is 9.00 Å². The Bertz CT molecular complexity index is 925. The lowest BCUT2D eigenvalue weighted by atomic mass is 9.87. The maximum Gasteiger partial charge on any atom is 0.263 e. The molecule has 0 bridgehead atoms. The van der Waals surface area contributed by atoms with Gasteiger partial charge in [0.2, 0.25) is 0 Å². The molecule has 6 heteroatoms. The minimum absolute atomic E-state index is 0.0617. The average molecular weight is 402 g/mol. The van der Waals surface area contributed by atoms with E-state index in [1.807, 2.05) is 48.5 Å². The summed E-state index contributed by atoms with van der Waals surface area (Å²) in [6.45, 7) is 6.45. The van der Waals surface area contributed by atoms with E-state index in [4.69, 9.17) is 12.2 Å². The van der Waals surface area contributed by atoms with Crippen LogP contribution in [0.25, 0.3) is 6.08 Å². The number of amides is 1. The molecular weight excluding hydrogens is 382 g/mol. The first-order valence-electron chi connectivity index (χ1n) is 8.11. The zero-order valence-electron chi connectivity index (χ0n) is 14.7. The summed E-state index contributed by atoms with van der Waals surface area (Å²) in [4.78, 5) is 13.8. The van der Waals surface area contributed by atoms with Crippen molar-refractivity contribution in [3.63, 3.8) is 0 Å². The first kappa shape index (κ1) is 19.0. The molecule has 0 aromatic heterocycles. The van der Waals surface area contributed by atoms with Crippen LogP contribution in [-0.4, -0.2) is 14.4 Å². The normalized spacial score (nSPS) is 17.4. The Morgan fingerprint density at radius 1 is 1.08 bits per heavy atom. The van der Waals surface area contributed by atoms with Crippen LogP contribution in [0.15, 0.2) is 63.2 Å². The molecule has 1 atom stereocenters. The Labute approximate surface area is 165 Å². The van der Waals surface area contributed by atoms with Crippen molar-refractivity contribution >= 4 is 51.1 Å². The number of benzene rings is 2. The van der Waals surface area contributed by atoms with Crippen LogP contribution in [-0.2, 0) is 21.0 Å². The zero-order chi connectivity index (χ0) is 18.9. The van der Waals surface area contributed by atoms with E-state index >= 15 is 0 Å². The second kappa shape index (κ2) is 7.47. The molecule has 3 nitrogen and oxygen atoms in total. The molecule has 1 amide bonds. The molecule has 0 aliphatic carbocycles. The number of carbonyl (C=O) groups excluding carboxylic acids is 1. The van der Waals surface area contributed by atoms with Crippen LogP contribution in [0.5, 0.6) is 0 Å². The predicted molar refractivity (Wildman–Crippen MR) is 113 cm³/mol. The lowest BCUT2D eigenvalue weighted by Crippen LogP contribution is -2.17. The summed E-state index contributed by atoms with van der Waals surface area (Å²) in [6.07, 6.45) is 1.77. The van der Waals surface area contributed by atoms with Crippen molar-refractivity contribution in [1.82, 2.24) is 5.32 Å². The zero-order valence-corrected chi connectivity index (χ0v) is 17.2. The molecule has 0 saturated carbocycles. The summed E-state index contributed by atoms with van der Waals surface area (Å²) in [7, 11) is -1.27. The fourth-order valence-electron chi connectivity index (χ4n) is 2.51. The molecule has 26 heavy (non-hydrogen) atoms. The number of carbonyl (C=O) groups is 1. The van der Waals surface area contributed by atoms with Crippen molar-refractivity contribution in [2.24, 2.45) is 0 Å². The highest BCUT2D eigenvalue weighted by Gasteiger charge is 2.22. The van der Waals surface area contributed by atoms with Crippen molar-refractivity contribution in [1.29, 1.82) is 0 Å². The molecule has 0 radical (unpaired) electrons. The van der Waals surface area contributed by atoms with E-state index in [-0.39, 0.29) is 11.3 Å². The molecule has 2 aromatic rings. The SMILES string of the molecule is CC(C)(C)c1ccc(S(=O)c2cccc(C=C3SC(=S)NC3=O)c2)cc1. The van der Waals surface area contributed by atoms with E-state index in [1.54, 1.807) is 6.08 Å². The fraction of sp³-hybridized carbons (Fsp3) is 0.200. The van der Waals surface area contributed by atoms with Gasteiger partial charge in [0.25, 0.3) is 5.91 Å². The van der Waals surface area contributed by atoms with E-state index in [0.29, 0.717) is 14.1 Å². The third kappa shape index (κ3) is 4.31. The van der Waals surface area contributed by atoms with Gasteiger partial charge in [-0.25, -0.2) is 4.21 Å². The summed E-state index contributed by atoms with van der Waals surface area (Å²) in [5.41, 5.74) is 2.09. The summed E-state index contributed by atoms with van der Waals surface area (Å²) < 4.78 is 13.4. The second-order valence-electron chi connectivity index (χ2n) is 6.97. The summed E-state index contributed by atoms with van der Waals surface area (Å²) in [6, 6.07) is 15.3. The van der Waals surface area contributed by atoms with Crippen LogP contribution >= 0.6 is 24.0 Å². The van der Waals surface area contributed by atoms with Gasteiger partial charge in [0, 0.05) is 9.79 Å². The number of rotatable bonds is 3. The first-order valence-corrected chi connectivity index (χ1v) is 10.5. The van der Waals surface area contributed by atoms with Gasteiger partial charge in [0.15, 0.2) is 0 Å². The number of thioether (sulfide) groups is 1.